The third-order valence-electron chi connectivity index (χ3n) is 12.8. The molecule has 0 aliphatic heterocycles. The van der Waals surface area contributed by atoms with Crippen molar-refractivity contribution in [2.45, 2.75) is 83.9 Å². The average Bonchev–Trinajstić information content (AvgIpc) is 3.50. The third-order valence-corrected chi connectivity index (χ3v) is 12.8. The van der Waals surface area contributed by atoms with E-state index >= 15 is 0 Å². The van der Waals surface area contributed by atoms with Crippen LogP contribution in [0, 0.1) is 35.0 Å². The summed E-state index contributed by atoms with van der Waals surface area (Å²) in [5.74, 6) is -3.75. The highest BCUT2D eigenvalue weighted by atomic mass is 16.6. The first-order valence-corrected chi connectivity index (χ1v) is 18.6. The van der Waals surface area contributed by atoms with Crippen LogP contribution in [0.1, 0.15) is 71.6 Å². The molecule has 0 radical (unpaired) electrons. The first-order chi connectivity index (χ1) is 25.2. The van der Waals surface area contributed by atoms with Gasteiger partial charge in [0.25, 0.3) is 0 Å². The molecule has 0 aromatic heterocycles. The average molecular weight is 719 g/mol. The first kappa shape index (κ1) is 36.8. The summed E-state index contributed by atoms with van der Waals surface area (Å²) in [6.45, 7) is 12.2. The van der Waals surface area contributed by atoms with Gasteiger partial charge < -0.3 is 24.1 Å². The Hall–Kier alpha value is -4.53. The van der Waals surface area contributed by atoms with Crippen molar-refractivity contribution in [3.63, 3.8) is 0 Å². The van der Waals surface area contributed by atoms with Crippen molar-refractivity contribution >= 4 is 17.9 Å². The Morgan fingerprint density at radius 2 is 1.26 bits per heavy atom. The number of rotatable bonds is 9. The lowest BCUT2D eigenvalue weighted by atomic mass is 9.59. The van der Waals surface area contributed by atoms with Crippen molar-refractivity contribution in [3.8, 4) is 0 Å². The van der Waals surface area contributed by atoms with Gasteiger partial charge in [0.2, 0.25) is 0 Å². The Morgan fingerprint density at radius 1 is 0.755 bits per heavy atom. The van der Waals surface area contributed by atoms with Crippen molar-refractivity contribution in [1.82, 2.24) is 0 Å². The van der Waals surface area contributed by atoms with Crippen molar-refractivity contribution in [1.29, 1.82) is 0 Å². The van der Waals surface area contributed by atoms with E-state index in [-0.39, 0.29) is 18.4 Å². The predicted molar refractivity (Wildman–Crippen MR) is 199 cm³/mol. The summed E-state index contributed by atoms with van der Waals surface area (Å²) >= 11 is 0. The fraction of sp³-hybridized carbons (Fsp3) is 0.444. The third kappa shape index (κ3) is 5.68. The van der Waals surface area contributed by atoms with Crippen LogP contribution in [0.4, 0.5) is 0 Å². The number of fused-ring (bicyclic) bond motifs is 5. The van der Waals surface area contributed by atoms with Gasteiger partial charge >= 0.3 is 17.9 Å². The quantitative estimate of drug-likeness (QED) is 0.106. The van der Waals surface area contributed by atoms with Gasteiger partial charge in [0.15, 0.2) is 5.60 Å². The highest BCUT2D eigenvalue weighted by molar-refractivity contribution is 5.69. The molecule has 8 heteroatoms. The molecule has 3 aromatic rings. The van der Waals surface area contributed by atoms with E-state index in [4.69, 9.17) is 18.9 Å². The summed E-state index contributed by atoms with van der Waals surface area (Å²) < 4.78 is 25.7. The molecule has 7 rings (SSSR count). The Kier molecular flexibility index (Phi) is 9.31. The molecule has 4 aliphatic carbocycles. The van der Waals surface area contributed by atoms with E-state index in [2.05, 4.69) is 42.5 Å². The van der Waals surface area contributed by atoms with Crippen LogP contribution in [0.3, 0.4) is 0 Å². The van der Waals surface area contributed by atoms with Gasteiger partial charge in [0.1, 0.15) is 17.8 Å². The zero-order valence-electron chi connectivity index (χ0n) is 31.6. The first-order valence-electron chi connectivity index (χ1n) is 18.6. The van der Waals surface area contributed by atoms with Gasteiger partial charge in [-0.15, -0.1) is 0 Å². The summed E-state index contributed by atoms with van der Waals surface area (Å²) in [6.07, 6.45) is 3.18. The summed E-state index contributed by atoms with van der Waals surface area (Å²) in [5, 5.41) is 13.4. The van der Waals surface area contributed by atoms with Gasteiger partial charge in [-0.3, -0.25) is 14.4 Å². The van der Waals surface area contributed by atoms with Crippen LogP contribution >= 0.6 is 0 Å². The highest BCUT2D eigenvalue weighted by Gasteiger charge is 2.87. The van der Waals surface area contributed by atoms with Crippen LogP contribution in [-0.2, 0) is 38.9 Å². The Morgan fingerprint density at radius 3 is 1.74 bits per heavy atom. The number of hydrogen-bond acceptors (Lipinski definition) is 8. The van der Waals surface area contributed by atoms with E-state index < -0.39 is 70.1 Å². The Bertz CT molecular complexity index is 1840. The summed E-state index contributed by atoms with van der Waals surface area (Å²) in [6, 6.07) is 30.5. The molecule has 4 aliphatic rings. The molecule has 0 spiro atoms. The molecule has 278 valence electrons. The molecular formula is C45H50O8. The van der Waals surface area contributed by atoms with Crippen molar-refractivity contribution < 1.29 is 38.4 Å². The number of ether oxygens (including phenoxy) is 4. The second-order valence-corrected chi connectivity index (χ2v) is 16.0. The number of benzene rings is 3. The Balaban J connectivity index is 1.40. The van der Waals surface area contributed by atoms with E-state index in [1.54, 1.807) is 0 Å². The minimum Gasteiger partial charge on any atom is -0.458 e. The normalized spacial score (nSPS) is 32.4. The van der Waals surface area contributed by atoms with Crippen molar-refractivity contribution in [3.05, 3.63) is 131 Å². The largest absolute Gasteiger partial charge is 0.458 e. The van der Waals surface area contributed by atoms with Crippen LogP contribution in [0.25, 0.3) is 0 Å². The SMILES string of the molecule is CC(=O)OC1C(C)=CC2C1CC(COC(c1ccccc1)(c1ccccc1)c1ccccc1)=CC1C3C(C)(C)C3(OC(C)=O)C(OC(C)=O)C(C)C21O. The van der Waals surface area contributed by atoms with Gasteiger partial charge in [0.05, 0.1) is 12.2 Å². The predicted octanol–water partition coefficient (Wildman–Crippen LogP) is 7.34. The molecule has 9 unspecified atom stereocenters. The van der Waals surface area contributed by atoms with Crippen LogP contribution < -0.4 is 0 Å². The fourth-order valence-electron chi connectivity index (χ4n) is 10.7. The van der Waals surface area contributed by atoms with Gasteiger partial charge in [-0.1, -0.05) is 124 Å². The van der Waals surface area contributed by atoms with E-state index in [0.29, 0.717) is 6.42 Å². The molecule has 3 aromatic carbocycles. The molecule has 2 saturated carbocycles. The molecule has 0 saturated heterocycles. The Labute approximate surface area is 312 Å². The van der Waals surface area contributed by atoms with E-state index in [1.807, 2.05) is 88.4 Å². The maximum Gasteiger partial charge on any atom is 0.303 e. The summed E-state index contributed by atoms with van der Waals surface area (Å²) in [5.41, 5.74) is 0.425. The zero-order valence-corrected chi connectivity index (χ0v) is 31.6. The number of esters is 3. The van der Waals surface area contributed by atoms with Crippen LogP contribution in [0.5, 0.6) is 0 Å². The van der Waals surface area contributed by atoms with Crippen molar-refractivity contribution in [2.75, 3.05) is 6.61 Å². The molecule has 53 heavy (non-hydrogen) atoms. The maximum atomic E-state index is 13.4. The van der Waals surface area contributed by atoms with Crippen LogP contribution in [0.15, 0.2) is 114 Å². The second-order valence-electron chi connectivity index (χ2n) is 16.0. The van der Waals surface area contributed by atoms with E-state index in [1.165, 1.54) is 20.8 Å². The van der Waals surface area contributed by atoms with Gasteiger partial charge in [-0.2, -0.15) is 0 Å². The lowest BCUT2D eigenvalue weighted by molar-refractivity contribution is -0.220. The highest BCUT2D eigenvalue weighted by Crippen LogP contribution is 2.77. The van der Waals surface area contributed by atoms with Crippen LogP contribution in [0.2, 0.25) is 0 Å². The maximum absolute atomic E-state index is 13.4. The zero-order chi connectivity index (χ0) is 37.9. The van der Waals surface area contributed by atoms with Crippen molar-refractivity contribution in [2.24, 2.45) is 35.0 Å². The minimum absolute atomic E-state index is 0.190. The van der Waals surface area contributed by atoms with Gasteiger partial charge in [-0.05, 0) is 41.2 Å². The fourth-order valence-corrected chi connectivity index (χ4v) is 10.7. The minimum atomic E-state index is -1.46. The molecule has 2 fully saturated rings. The number of hydrogen-bond donors (Lipinski definition) is 1. The molecule has 1 N–H and O–H groups in total. The smallest absolute Gasteiger partial charge is 0.303 e. The van der Waals surface area contributed by atoms with E-state index in [0.717, 1.165) is 27.8 Å². The standard InChI is InChI=1S/C45H50O8/c1-27-23-37-36(39(27)51-29(3)46)24-32(25-38-40-42(6,7)45(40,53-31(5)48)41(52-30(4)47)28(2)43(37,38)49)26-50-44(33-17-11-8-12-18-33,34-19-13-9-14-20-34)35-21-15-10-16-22-35/h8-23,25,28,36-41,49H,24,26H2,1-7H3. The lowest BCUT2D eigenvalue weighted by Crippen LogP contribution is -2.63. The lowest BCUT2D eigenvalue weighted by Gasteiger charge is -2.52. The van der Waals surface area contributed by atoms with Gasteiger partial charge in [0, 0.05) is 55.8 Å². The molecular weight excluding hydrogens is 668 g/mol. The molecule has 8 nitrogen and oxygen atoms in total. The molecule has 0 amide bonds. The summed E-state index contributed by atoms with van der Waals surface area (Å²) in [4.78, 5) is 38.0. The monoisotopic (exact) mass is 718 g/mol. The molecule has 0 heterocycles. The topological polar surface area (TPSA) is 108 Å². The van der Waals surface area contributed by atoms with E-state index in [9.17, 15) is 19.5 Å². The summed E-state index contributed by atoms with van der Waals surface area (Å²) in [7, 11) is 0. The molecule has 9 atom stereocenters. The van der Waals surface area contributed by atoms with Crippen LogP contribution in [-0.4, -0.2) is 53.0 Å². The molecule has 0 bridgehead atoms. The number of carbonyl (C=O) groups is 3. The number of carbonyl (C=O) groups excluding carboxylic acids is 3. The second kappa shape index (κ2) is 13.4. The van der Waals surface area contributed by atoms with Gasteiger partial charge in [-0.25, -0.2) is 0 Å². The number of aliphatic hydroxyl groups is 1.